The number of morpholine rings is 1. The van der Waals surface area contributed by atoms with Crippen LogP contribution in [0.25, 0.3) is 0 Å². The minimum Gasteiger partial charge on any atom is -0.378 e. The number of benzene rings is 1. The summed E-state index contributed by atoms with van der Waals surface area (Å²) in [5, 5.41) is 0. The lowest BCUT2D eigenvalue weighted by molar-refractivity contribution is 0.122. The molecule has 0 amide bonds. The van der Waals surface area contributed by atoms with Crippen molar-refractivity contribution >= 4 is 21.6 Å². The highest BCUT2D eigenvalue weighted by atomic mass is 79.9. The van der Waals surface area contributed by atoms with Crippen LogP contribution in [-0.4, -0.2) is 26.3 Å². The molecule has 0 radical (unpaired) electrons. The van der Waals surface area contributed by atoms with Crippen LogP contribution in [0.4, 0.5) is 5.69 Å². The van der Waals surface area contributed by atoms with Crippen LogP contribution >= 0.6 is 15.9 Å². The van der Waals surface area contributed by atoms with Crippen molar-refractivity contribution in [3.8, 4) is 0 Å². The minimum atomic E-state index is 0.835. The highest BCUT2D eigenvalue weighted by molar-refractivity contribution is 9.10. The van der Waals surface area contributed by atoms with Gasteiger partial charge in [-0.25, -0.2) is 0 Å². The number of anilines is 1. The zero-order valence-corrected chi connectivity index (χ0v) is 10.6. The molecule has 3 heteroatoms. The van der Waals surface area contributed by atoms with Crippen LogP contribution in [0.2, 0.25) is 0 Å². The fourth-order valence-corrected chi connectivity index (χ4v) is 2.51. The third kappa shape index (κ3) is 2.52. The van der Waals surface area contributed by atoms with E-state index in [1.54, 1.807) is 0 Å². The molecule has 0 unspecified atom stereocenters. The molecular weight excluding hydrogens is 254 g/mol. The molecule has 82 valence electrons. The SMILES string of the molecule is CCc1ccc(N2CCOCC2)c(Br)c1. The smallest absolute Gasteiger partial charge is 0.0642 e. The van der Waals surface area contributed by atoms with Crippen molar-refractivity contribution in [2.24, 2.45) is 0 Å². The van der Waals surface area contributed by atoms with Gasteiger partial charge < -0.3 is 9.64 Å². The summed E-state index contributed by atoms with van der Waals surface area (Å²) in [7, 11) is 0. The van der Waals surface area contributed by atoms with E-state index in [1.807, 2.05) is 0 Å². The third-order valence-corrected chi connectivity index (χ3v) is 3.41. The first-order chi connectivity index (χ1) is 7.31. The third-order valence-electron chi connectivity index (χ3n) is 2.77. The lowest BCUT2D eigenvalue weighted by Crippen LogP contribution is -2.36. The lowest BCUT2D eigenvalue weighted by Gasteiger charge is -2.29. The Bertz CT molecular complexity index is 334. The number of ether oxygens (including phenoxy) is 1. The Labute approximate surface area is 99.4 Å². The highest BCUT2D eigenvalue weighted by Gasteiger charge is 2.13. The van der Waals surface area contributed by atoms with Crippen LogP contribution in [0.1, 0.15) is 12.5 Å². The molecule has 1 aliphatic rings. The maximum absolute atomic E-state index is 5.35. The molecule has 0 aromatic heterocycles. The molecule has 1 aliphatic heterocycles. The second-order valence-electron chi connectivity index (χ2n) is 3.74. The van der Waals surface area contributed by atoms with Crippen molar-refractivity contribution in [2.75, 3.05) is 31.2 Å². The number of nitrogens with zero attached hydrogens (tertiary/aromatic N) is 1. The zero-order valence-electron chi connectivity index (χ0n) is 9.00. The minimum absolute atomic E-state index is 0.835. The molecular formula is C12H16BrNO. The first-order valence-electron chi connectivity index (χ1n) is 5.42. The summed E-state index contributed by atoms with van der Waals surface area (Å²) in [6, 6.07) is 6.62. The Morgan fingerprint density at radius 1 is 1.33 bits per heavy atom. The predicted octanol–water partition coefficient (Wildman–Crippen LogP) is 2.85. The number of hydrogen-bond acceptors (Lipinski definition) is 2. The fraction of sp³-hybridized carbons (Fsp3) is 0.500. The second kappa shape index (κ2) is 4.99. The maximum atomic E-state index is 5.35. The maximum Gasteiger partial charge on any atom is 0.0642 e. The molecule has 0 saturated carbocycles. The van der Waals surface area contributed by atoms with Gasteiger partial charge >= 0.3 is 0 Å². The molecule has 0 bridgehead atoms. The van der Waals surface area contributed by atoms with Crippen LogP contribution in [0.3, 0.4) is 0 Å². The van der Waals surface area contributed by atoms with Gasteiger partial charge in [-0.1, -0.05) is 13.0 Å². The molecule has 1 heterocycles. The average molecular weight is 270 g/mol. The van der Waals surface area contributed by atoms with E-state index >= 15 is 0 Å². The Morgan fingerprint density at radius 3 is 2.67 bits per heavy atom. The Hall–Kier alpha value is -0.540. The molecule has 2 rings (SSSR count). The summed E-state index contributed by atoms with van der Waals surface area (Å²) in [5.74, 6) is 0. The van der Waals surface area contributed by atoms with Gasteiger partial charge in [0.2, 0.25) is 0 Å². The summed E-state index contributed by atoms with van der Waals surface area (Å²) < 4.78 is 6.55. The number of rotatable bonds is 2. The topological polar surface area (TPSA) is 12.5 Å². The summed E-state index contributed by atoms with van der Waals surface area (Å²) in [4.78, 5) is 2.37. The second-order valence-corrected chi connectivity index (χ2v) is 4.59. The van der Waals surface area contributed by atoms with Crippen molar-refractivity contribution in [2.45, 2.75) is 13.3 Å². The fourth-order valence-electron chi connectivity index (χ4n) is 1.83. The molecule has 0 atom stereocenters. The molecule has 0 spiro atoms. The first kappa shape index (κ1) is 11.0. The van der Waals surface area contributed by atoms with E-state index in [0.717, 1.165) is 32.7 Å². The summed E-state index contributed by atoms with van der Waals surface area (Å²) in [6.45, 7) is 5.83. The van der Waals surface area contributed by atoms with E-state index in [-0.39, 0.29) is 0 Å². The van der Waals surface area contributed by atoms with E-state index in [4.69, 9.17) is 4.74 Å². The van der Waals surface area contributed by atoms with Gasteiger partial charge in [0.15, 0.2) is 0 Å². The van der Waals surface area contributed by atoms with E-state index < -0.39 is 0 Å². The molecule has 0 N–H and O–H groups in total. The summed E-state index contributed by atoms with van der Waals surface area (Å²) in [5.41, 5.74) is 2.66. The molecule has 0 aliphatic carbocycles. The van der Waals surface area contributed by atoms with Crippen molar-refractivity contribution < 1.29 is 4.74 Å². The monoisotopic (exact) mass is 269 g/mol. The lowest BCUT2D eigenvalue weighted by atomic mass is 10.1. The predicted molar refractivity (Wildman–Crippen MR) is 66.6 cm³/mol. The Kier molecular flexibility index (Phi) is 3.65. The number of aryl methyl sites for hydroxylation is 1. The van der Waals surface area contributed by atoms with Crippen LogP contribution in [-0.2, 0) is 11.2 Å². The van der Waals surface area contributed by atoms with Gasteiger partial charge in [-0.15, -0.1) is 0 Å². The van der Waals surface area contributed by atoms with E-state index in [0.29, 0.717) is 0 Å². The molecule has 1 fully saturated rings. The van der Waals surface area contributed by atoms with Gasteiger partial charge in [-0.3, -0.25) is 0 Å². The summed E-state index contributed by atoms with van der Waals surface area (Å²) in [6.07, 6.45) is 1.09. The van der Waals surface area contributed by atoms with E-state index in [9.17, 15) is 0 Å². The van der Waals surface area contributed by atoms with Gasteiger partial charge in [0.05, 0.1) is 18.9 Å². The van der Waals surface area contributed by atoms with Crippen LogP contribution in [0, 0.1) is 0 Å². The van der Waals surface area contributed by atoms with Crippen molar-refractivity contribution in [3.63, 3.8) is 0 Å². The molecule has 1 aromatic carbocycles. The van der Waals surface area contributed by atoms with Gasteiger partial charge in [0.1, 0.15) is 0 Å². The Morgan fingerprint density at radius 2 is 2.07 bits per heavy atom. The molecule has 2 nitrogen and oxygen atoms in total. The quantitative estimate of drug-likeness (QED) is 0.819. The van der Waals surface area contributed by atoms with Crippen LogP contribution in [0.5, 0.6) is 0 Å². The zero-order chi connectivity index (χ0) is 10.7. The van der Waals surface area contributed by atoms with Gasteiger partial charge in [-0.2, -0.15) is 0 Å². The van der Waals surface area contributed by atoms with Crippen molar-refractivity contribution in [1.82, 2.24) is 0 Å². The normalized spacial score (nSPS) is 16.8. The average Bonchev–Trinajstić information content (AvgIpc) is 2.30. The highest BCUT2D eigenvalue weighted by Crippen LogP contribution is 2.28. The van der Waals surface area contributed by atoms with Gasteiger partial charge in [0, 0.05) is 17.6 Å². The number of hydrogen-bond donors (Lipinski definition) is 0. The molecule has 15 heavy (non-hydrogen) atoms. The molecule has 1 saturated heterocycles. The van der Waals surface area contributed by atoms with Gasteiger partial charge in [0.25, 0.3) is 0 Å². The largest absolute Gasteiger partial charge is 0.378 e. The number of halogens is 1. The van der Waals surface area contributed by atoms with Crippen LogP contribution < -0.4 is 4.90 Å². The van der Waals surface area contributed by atoms with Gasteiger partial charge in [-0.05, 0) is 40.0 Å². The standard InChI is InChI=1S/C12H16BrNO/c1-2-10-3-4-12(11(13)9-10)14-5-7-15-8-6-14/h3-4,9H,2,5-8H2,1H3. The van der Waals surface area contributed by atoms with E-state index in [1.165, 1.54) is 15.7 Å². The molecule has 1 aromatic rings. The van der Waals surface area contributed by atoms with E-state index in [2.05, 4.69) is 46.0 Å². The van der Waals surface area contributed by atoms with Crippen LogP contribution in [0.15, 0.2) is 22.7 Å². The summed E-state index contributed by atoms with van der Waals surface area (Å²) >= 11 is 3.64. The van der Waals surface area contributed by atoms with Crippen molar-refractivity contribution in [1.29, 1.82) is 0 Å². The first-order valence-corrected chi connectivity index (χ1v) is 6.21. The Balaban J connectivity index is 2.19. The van der Waals surface area contributed by atoms with Crippen molar-refractivity contribution in [3.05, 3.63) is 28.2 Å².